The van der Waals surface area contributed by atoms with Crippen LogP contribution in [0.5, 0.6) is 0 Å². The Balaban J connectivity index is 1.48. The molecular weight excluding hydrogens is 501 g/mol. The minimum atomic E-state index is -0.328. The van der Waals surface area contributed by atoms with Crippen LogP contribution < -0.4 is 16.4 Å². The molecule has 2 fully saturated rings. The monoisotopic (exact) mass is 531 g/mol. The molecule has 0 bridgehead atoms. The second-order valence-electron chi connectivity index (χ2n) is 10.1. The van der Waals surface area contributed by atoms with Gasteiger partial charge in [0.15, 0.2) is 5.65 Å². The maximum Gasteiger partial charge on any atom is 0.224 e. The average molecular weight is 532 g/mol. The van der Waals surface area contributed by atoms with Crippen molar-refractivity contribution in [1.82, 2.24) is 19.5 Å². The summed E-state index contributed by atoms with van der Waals surface area (Å²) in [6.07, 6.45) is 6.96. The lowest BCUT2D eigenvalue weighted by Crippen LogP contribution is -2.35. The van der Waals surface area contributed by atoms with Gasteiger partial charge in [0.1, 0.15) is 5.52 Å². The van der Waals surface area contributed by atoms with Gasteiger partial charge in [0.25, 0.3) is 0 Å². The highest BCUT2D eigenvalue weighted by molar-refractivity contribution is 6.36. The van der Waals surface area contributed by atoms with Crippen molar-refractivity contribution in [3.05, 3.63) is 34.4 Å². The molecule has 3 aromatic rings. The van der Waals surface area contributed by atoms with Crippen LogP contribution in [0.1, 0.15) is 57.9 Å². The van der Waals surface area contributed by atoms with Crippen LogP contribution in [0.3, 0.4) is 0 Å². The van der Waals surface area contributed by atoms with Crippen LogP contribution in [0.25, 0.3) is 11.2 Å². The van der Waals surface area contributed by atoms with Crippen LogP contribution in [0.4, 0.5) is 17.6 Å². The van der Waals surface area contributed by atoms with Crippen molar-refractivity contribution in [2.45, 2.75) is 70.1 Å². The number of benzene rings is 1. The maximum atomic E-state index is 11.7. The molecule has 0 saturated heterocycles. The second kappa shape index (κ2) is 10.4. The Kier molecular flexibility index (Phi) is 7.23. The number of rotatable bonds is 6. The number of nitrogens with zero attached hydrogens (tertiary/aromatic N) is 4. The Morgan fingerprint density at radius 1 is 1.14 bits per heavy atom. The fourth-order valence-electron chi connectivity index (χ4n) is 5.34. The van der Waals surface area contributed by atoms with Crippen molar-refractivity contribution in [2.75, 3.05) is 10.6 Å². The number of aromatic nitrogens is 4. The summed E-state index contributed by atoms with van der Waals surface area (Å²) in [7, 11) is 0. The number of hydrogen-bond acceptors (Lipinski definition) is 7. The molecule has 0 spiro atoms. The van der Waals surface area contributed by atoms with Crippen LogP contribution in [0, 0.1) is 11.8 Å². The molecule has 5 rings (SSSR count). The van der Waals surface area contributed by atoms with Gasteiger partial charge in [0.05, 0.1) is 23.0 Å². The van der Waals surface area contributed by atoms with Crippen LogP contribution >= 0.6 is 23.2 Å². The predicted molar refractivity (Wildman–Crippen MR) is 142 cm³/mol. The molecule has 36 heavy (non-hydrogen) atoms. The number of aliphatic hydroxyl groups excluding tert-OH is 1. The van der Waals surface area contributed by atoms with E-state index in [2.05, 4.69) is 27.1 Å². The highest BCUT2D eigenvalue weighted by atomic mass is 35.5. The van der Waals surface area contributed by atoms with Gasteiger partial charge < -0.3 is 21.5 Å². The molecule has 0 aliphatic heterocycles. The largest absolute Gasteiger partial charge is 0.393 e. The van der Waals surface area contributed by atoms with Crippen molar-refractivity contribution in [1.29, 1.82) is 0 Å². The van der Waals surface area contributed by atoms with Gasteiger partial charge in [-0.25, -0.2) is 9.97 Å². The molecule has 0 radical (unpaired) electrons. The van der Waals surface area contributed by atoms with Gasteiger partial charge in [-0.05, 0) is 69.1 Å². The summed E-state index contributed by atoms with van der Waals surface area (Å²) < 4.78 is 2.09. The molecule has 2 aliphatic carbocycles. The van der Waals surface area contributed by atoms with Gasteiger partial charge in [0.2, 0.25) is 17.8 Å². The first-order valence-electron chi connectivity index (χ1n) is 12.5. The maximum absolute atomic E-state index is 11.7. The minimum Gasteiger partial charge on any atom is -0.393 e. The number of halogens is 2. The SMILES string of the molecule is C[C@@H]1CCC(Nc2ncc3nc(Nc4ccc(Cl)cc4Cl)n(C4CCC(C(N)=O)CC4)c3n2)C[C@H]1O. The summed E-state index contributed by atoms with van der Waals surface area (Å²) in [5, 5.41) is 18.1. The fraction of sp³-hybridized carbons (Fsp3) is 0.520. The number of primary amides is 1. The molecule has 192 valence electrons. The van der Waals surface area contributed by atoms with Crippen molar-refractivity contribution in [3.8, 4) is 0 Å². The number of amides is 1. The number of nitrogens with one attached hydrogen (secondary N) is 2. The quantitative estimate of drug-likeness (QED) is 0.349. The second-order valence-corrected chi connectivity index (χ2v) is 10.9. The molecular formula is C25H31Cl2N7O2. The van der Waals surface area contributed by atoms with Crippen LogP contribution in [0.2, 0.25) is 10.0 Å². The number of fused-ring (bicyclic) bond motifs is 1. The topological polar surface area (TPSA) is 131 Å². The summed E-state index contributed by atoms with van der Waals surface area (Å²) >= 11 is 12.5. The van der Waals surface area contributed by atoms with Gasteiger partial charge >= 0.3 is 0 Å². The van der Waals surface area contributed by atoms with E-state index < -0.39 is 0 Å². The third-order valence-corrected chi connectivity index (χ3v) is 8.11. The molecule has 5 N–H and O–H groups in total. The number of aliphatic hydroxyl groups is 1. The molecule has 11 heteroatoms. The summed E-state index contributed by atoms with van der Waals surface area (Å²) in [4.78, 5) is 25.9. The van der Waals surface area contributed by atoms with Crippen LogP contribution in [-0.2, 0) is 4.79 Å². The number of nitrogens with two attached hydrogens (primary N) is 1. The van der Waals surface area contributed by atoms with E-state index in [1.54, 1.807) is 18.3 Å². The molecule has 1 amide bonds. The number of hydrogen-bond donors (Lipinski definition) is 4. The summed E-state index contributed by atoms with van der Waals surface area (Å²) in [5.74, 6) is 1.07. The highest BCUT2D eigenvalue weighted by Crippen LogP contribution is 2.38. The van der Waals surface area contributed by atoms with Gasteiger partial charge in [-0.2, -0.15) is 4.98 Å². The van der Waals surface area contributed by atoms with Crippen molar-refractivity contribution < 1.29 is 9.90 Å². The Bertz CT molecular complexity index is 1260. The van der Waals surface area contributed by atoms with Crippen LogP contribution in [-0.4, -0.2) is 42.7 Å². The zero-order chi connectivity index (χ0) is 25.4. The summed E-state index contributed by atoms with van der Waals surface area (Å²) in [6, 6.07) is 5.45. The van der Waals surface area contributed by atoms with Gasteiger partial charge in [-0.3, -0.25) is 9.36 Å². The lowest BCUT2D eigenvalue weighted by Gasteiger charge is -2.31. The van der Waals surface area contributed by atoms with Crippen molar-refractivity contribution in [2.24, 2.45) is 17.6 Å². The molecule has 9 nitrogen and oxygen atoms in total. The van der Waals surface area contributed by atoms with Gasteiger partial charge in [0, 0.05) is 23.0 Å². The minimum absolute atomic E-state index is 0.0827. The predicted octanol–water partition coefficient (Wildman–Crippen LogP) is 5.05. The average Bonchev–Trinajstić information content (AvgIpc) is 3.20. The molecule has 2 heterocycles. The summed E-state index contributed by atoms with van der Waals surface area (Å²) in [5.41, 5.74) is 7.60. The summed E-state index contributed by atoms with van der Waals surface area (Å²) in [6.45, 7) is 2.08. The van der Waals surface area contributed by atoms with Gasteiger partial charge in [-0.1, -0.05) is 30.1 Å². The zero-order valence-corrected chi connectivity index (χ0v) is 21.6. The molecule has 1 unspecified atom stereocenters. The van der Waals surface area contributed by atoms with E-state index in [0.29, 0.717) is 51.1 Å². The highest BCUT2D eigenvalue weighted by Gasteiger charge is 2.30. The first-order chi connectivity index (χ1) is 17.3. The van der Waals surface area contributed by atoms with E-state index in [1.165, 1.54) is 0 Å². The van der Waals surface area contributed by atoms with Gasteiger partial charge in [-0.15, -0.1) is 0 Å². The van der Waals surface area contributed by atoms with E-state index in [9.17, 15) is 9.90 Å². The standard InChI is InChI=1S/C25H31Cl2N7O2/c1-13-2-6-16(11-21(13)35)30-24-29-12-20-23(33-24)34(17-7-3-14(4-8-17)22(28)36)25(32-20)31-19-9-5-15(26)10-18(19)27/h5,9-10,12-14,16-17,21,35H,2-4,6-8,11H2,1H3,(H2,28,36)(H,31,32)(H,29,30,33)/t13-,14?,16?,17?,21-/m1/s1. The zero-order valence-electron chi connectivity index (χ0n) is 20.1. The van der Waals surface area contributed by atoms with E-state index in [4.69, 9.17) is 38.9 Å². The molecule has 2 aromatic heterocycles. The number of carbonyl (C=O) groups excluding carboxylic acids is 1. The third kappa shape index (κ3) is 5.23. The fourth-order valence-corrected chi connectivity index (χ4v) is 5.79. The van der Waals surface area contributed by atoms with E-state index in [-0.39, 0.29) is 30.0 Å². The Labute approximate surface area is 219 Å². The number of anilines is 3. The molecule has 2 aliphatic rings. The Morgan fingerprint density at radius 3 is 2.61 bits per heavy atom. The third-order valence-electron chi connectivity index (χ3n) is 7.56. The normalized spacial score (nSPS) is 26.6. The van der Waals surface area contributed by atoms with E-state index in [0.717, 1.165) is 38.5 Å². The lowest BCUT2D eigenvalue weighted by molar-refractivity contribution is -0.122. The number of imidazole rings is 1. The Morgan fingerprint density at radius 2 is 1.92 bits per heavy atom. The van der Waals surface area contributed by atoms with Crippen LogP contribution in [0.15, 0.2) is 24.4 Å². The van der Waals surface area contributed by atoms with Crippen molar-refractivity contribution in [3.63, 3.8) is 0 Å². The molecule has 2 saturated carbocycles. The van der Waals surface area contributed by atoms with E-state index >= 15 is 0 Å². The molecule has 3 atom stereocenters. The first kappa shape index (κ1) is 25.0. The smallest absolute Gasteiger partial charge is 0.224 e. The van der Waals surface area contributed by atoms with E-state index in [1.807, 2.05) is 6.07 Å². The Hall–Kier alpha value is -2.62. The first-order valence-corrected chi connectivity index (χ1v) is 13.2. The lowest BCUT2D eigenvalue weighted by atomic mass is 9.85. The number of carbonyl (C=O) groups is 1. The molecule has 1 aromatic carbocycles. The van der Waals surface area contributed by atoms with Crippen molar-refractivity contribution >= 4 is 57.9 Å².